The number of hydrogen-bond donors (Lipinski definition) is 0. The number of aryl methyl sites for hydroxylation is 2. The summed E-state index contributed by atoms with van der Waals surface area (Å²) in [6.45, 7) is 8.10. The second kappa shape index (κ2) is 6.93. The van der Waals surface area contributed by atoms with Gasteiger partial charge in [-0.2, -0.15) is 0 Å². The van der Waals surface area contributed by atoms with Crippen LogP contribution in [-0.4, -0.2) is 5.78 Å². The standard InChI is InChI=1S/C19H26O2/c1-5-7-8-9-18-17(14(4)20)12-16-11-13(3)10-15(6-2)19(16)21-18/h10-11H,5-9,12H2,1-4H3. The molecule has 114 valence electrons. The molecule has 0 saturated heterocycles. The summed E-state index contributed by atoms with van der Waals surface area (Å²) in [6, 6.07) is 4.35. The Labute approximate surface area is 128 Å². The normalized spacial score (nSPS) is 13.9. The average molecular weight is 286 g/mol. The van der Waals surface area contributed by atoms with Crippen molar-refractivity contribution in [1.82, 2.24) is 0 Å². The number of fused-ring (bicyclic) bond motifs is 1. The van der Waals surface area contributed by atoms with Gasteiger partial charge in [-0.1, -0.05) is 44.4 Å². The Bertz CT molecular complexity index is 567. The SMILES string of the molecule is CCCCCC1=C(C(C)=O)Cc2cc(C)cc(CC)c2O1. The third kappa shape index (κ3) is 3.55. The van der Waals surface area contributed by atoms with E-state index in [0.717, 1.165) is 48.3 Å². The van der Waals surface area contributed by atoms with Gasteiger partial charge in [-0.05, 0) is 37.8 Å². The zero-order valence-electron chi connectivity index (χ0n) is 13.7. The van der Waals surface area contributed by atoms with Gasteiger partial charge in [0.15, 0.2) is 5.78 Å². The maximum Gasteiger partial charge on any atom is 0.159 e. The van der Waals surface area contributed by atoms with Crippen LogP contribution in [0.2, 0.25) is 0 Å². The number of benzene rings is 1. The van der Waals surface area contributed by atoms with Gasteiger partial charge < -0.3 is 4.74 Å². The number of rotatable bonds is 6. The lowest BCUT2D eigenvalue weighted by Gasteiger charge is -2.25. The molecule has 1 aliphatic heterocycles. The zero-order chi connectivity index (χ0) is 15.4. The molecule has 0 unspecified atom stereocenters. The van der Waals surface area contributed by atoms with Gasteiger partial charge in [0.2, 0.25) is 0 Å². The maximum absolute atomic E-state index is 12.0. The van der Waals surface area contributed by atoms with E-state index < -0.39 is 0 Å². The second-order valence-electron chi connectivity index (χ2n) is 5.96. The van der Waals surface area contributed by atoms with Crippen molar-refractivity contribution in [3.05, 3.63) is 40.2 Å². The van der Waals surface area contributed by atoms with E-state index >= 15 is 0 Å². The monoisotopic (exact) mass is 286 g/mol. The van der Waals surface area contributed by atoms with E-state index in [0.29, 0.717) is 0 Å². The minimum absolute atomic E-state index is 0.145. The Hall–Kier alpha value is -1.57. The lowest BCUT2D eigenvalue weighted by Crippen LogP contribution is -2.16. The fourth-order valence-electron chi connectivity index (χ4n) is 2.99. The second-order valence-corrected chi connectivity index (χ2v) is 5.96. The van der Waals surface area contributed by atoms with Gasteiger partial charge >= 0.3 is 0 Å². The number of carbonyl (C=O) groups excluding carboxylic acids is 1. The summed E-state index contributed by atoms with van der Waals surface area (Å²) in [4.78, 5) is 12.0. The lowest BCUT2D eigenvalue weighted by molar-refractivity contribution is -0.113. The smallest absolute Gasteiger partial charge is 0.159 e. The van der Waals surface area contributed by atoms with Gasteiger partial charge in [0.05, 0.1) is 0 Å². The number of hydrogen-bond acceptors (Lipinski definition) is 2. The van der Waals surface area contributed by atoms with Gasteiger partial charge in [-0.15, -0.1) is 0 Å². The molecule has 0 aliphatic carbocycles. The molecule has 1 aromatic rings. The van der Waals surface area contributed by atoms with E-state index in [-0.39, 0.29) is 5.78 Å². The van der Waals surface area contributed by atoms with Crippen LogP contribution < -0.4 is 4.74 Å². The van der Waals surface area contributed by atoms with Crippen LogP contribution in [0.25, 0.3) is 0 Å². The van der Waals surface area contributed by atoms with E-state index in [1.165, 1.54) is 24.0 Å². The Morgan fingerprint density at radius 2 is 2.00 bits per heavy atom. The van der Waals surface area contributed by atoms with Crippen molar-refractivity contribution in [2.75, 3.05) is 0 Å². The van der Waals surface area contributed by atoms with Crippen LogP contribution in [0.1, 0.15) is 63.1 Å². The first-order valence-electron chi connectivity index (χ1n) is 8.10. The van der Waals surface area contributed by atoms with Crippen LogP contribution in [0.4, 0.5) is 0 Å². The first-order chi connectivity index (χ1) is 10.1. The van der Waals surface area contributed by atoms with E-state index in [1.807, 2.05) is 0 Å². The summed E-state index contributed by atoms with van der Waals surface area (Å²) < 4.78 is 6.19. The van der Waals surface area contributed by atoms with Gasteiger partial charge in [0.1, 0.15) is 11.5 Å². The predicted molar refractivity (Wildman–Crippen MR) is 86.7 cm³/mol. The Balaban J connectivity index is 2.34. The average Bonchev–Trinajstić information content (AvgIpc) is 2.46. The highest BCUT2D eigenvalue weighted by Crippen LogP contribution is 2.36. The van der Waals surface area contributed by atoms with Crippen molar-refractivity contribution in [2.45, 2.75) is 66.2 Å². The number of allylic oxidation sites excluding steroid dienone is 2. The molecule has 0 radical (unpaired) electrons. The molecule has 0 atom stereocenters. The summed E-state index contributed by atoms with van der Waals surface area (Å²) >= 11 is 0. The van der Waals surface area contributed by atoms with E-state index in [2.05, 4.69) is 32.9 Å². The first-order valence-corrected chi connectivity index (χ1v) is 8.10. The van der Waals surface area contributed by atoms with Gasteiger partial charge in [0.25, 0.3) is 0 Å². The molecule has 0 saturated carbocycles. The van der Waals surface area contributed by atoms with E-state index in [9.17, 15) is 4.79 Å². The Morgan fingerprint density at radius 1 is 1.24 bits per heavy atom. The van der Waals surface area contributed by atoms with Crippen LogP contribution in [0.15, 0.2) is 23.5 Å². The molecule has 0 bridgehead atoms. The van der Waals surface area contributed by atoms with Crippen molar-refractivity contribution in [2.24, 2.45) is 0 Å². The highest BCUT2D eigenvalue weighted by atomic mass is 16.5. The number of Topliss-reactive ketones (excluding diaryl/α,β-unsaturated/α-hetero) is 1. The summed E-state index contributed by atoms with van der Waals surface area (Å²) in [5, 5.41) is 0. The van der Waals surface area contributed by atoms with E-state index in [1.54, 1.807) is 6.92 Å². The highest BCUT2D eigenvalue weighted by molar-refractivity contribution is 5.94. The molecule has 1 aromatic carbocycles. The molecule has 2 heteroatoms. The van der Waals surface area contributed by atoms with Crippen LogP contribution in [0.5, 0.6) is 5.75 Å². The molecule has 0 spiro atoms. The Morgan fingerprint density at radius 3 is 2.62 bits per heavy atom. The fraction of sp³-hybridized carbons (Fsp3) is 0.526. The lowest BCUT2D eigenvalue weighted by atomic mass is 9.92. The van der Waals surface area contributed by atoms with Crippen LogP contribution in [0, 0.1) is 6.92 Å². The molecule has 2 rings (SSSR count). The molecule has 2 nitrogen and oxygen atoms in total. The molecular formula is C19H26O2. The molecule has 21 heavy (non-hydrogen) atoms. The van der Waals surface area contributed by atoms with Crippen molar-refractivity contribution in [1.29, 1.82) is 0 Å². The summed E-state index contributed by atoms with van der Waals surface area (Å²) in [5.41, 5.74) is 4.52. The topological polar surface area (TPSA) is 26.3 Å². The molecular weight excluding hydrogens is 260 g/mol. The largest absolute Gasteiger partial charge is 0.461 e. The minimum Gasteiger partial charge on any atom is -0.461 e. The molecule has 0 aromatic heterocycles. The van der Waals surface area contributed by atoms with Crippen LogP contribution in [-0.2, 0) is 17.6 Å². The summed E-state index contributed by atoms with van der Waals surface area (Å²) in [5.74, 6) is 2.05. The predicted octanol–water partition coefficient (Wildman–Crippen LogP) is 4.92. The van der Waals surface area contributed by atoms with Gasteiger partial charge in [-0.3, -0.25) is 4.79 Å². The highest BCUT2D eigenvalue weighted by Gasteiger charge is 2.24. The van der Waals surface area contributed by atoms with Crippen LogP contribution in [0.3, 0.4) is 0 Å². The van der Waals surface area contributed by atoms with Crippen molar-refractivity contribution in [3.8, 4) is 5.75 Å². The molecule has 0 amide bonds. The zero-order valence-corrected chi connectivity index (χ0v) is 13.7. The molecule has 1 heterocycles. The third-order valence-corrected chi connectivity index (χ3v) is 4.13. The van der Waals surface area contributed by atoms with Crippen molar-refractivity contribution < 1.29 is 9.53 Å². The third-order valence-electron chi connectivity index (χ3n) is 4.13. The van der Waals surface area contributed by atoms with E-state index in [4.69, 9.17) is 4.74 Å². The van der Waals surface area contributed by atoms with Gasteiger partial charge in [0, 0.05) is 18.4 Å². The summed E-state index contributed by atoms with van der Waals surface area (Å²) in [7, 11) is 0. The quantitative estimate of drug-likeness (QED) is 0.694. The first kappa shape index (κ1) is 15.8. The molecule has 0 N–H and O–H groups in total. The van der Waals surface area contributed by atoms with Crippen molar-refractivity contribution >= 4 is 5.78 Å². The molecule has 0 fully saturated rings. The van der Waals surface area contributed by atoms with Crippen LogP contribution >= 0.6 is 0 Å². The van der Waals surface area contributed by atoms with Crippen molar-refractivity contribution in [3.63, 3.8) is 0 Å². The Kier molecular flexibility index (Phi) is 5.22. The number of carbonyl (C=O) groups is 1. The maximum atomic E-state index is 12.0. The molecule has 1 aliphatic rings. The number of unbranched alkanes of at least 4 members (excludes halogenated alkanes) is 2. The number of ketones is 1. The van der Waals surface area contributed by atoms with Gasteiger partial charge in [-0.25, -0.2) is 0 Å². The number of ether oxygens (including phenoxy) is 1. The minimum atomic E-state index is 0.145. The summed E-state index contributed by atoms with van der Waals surface area (Å²) in [6.07, 6.45) is 6.01. The fourth-order valence-corrected chi connectivity index (χ4v) is 2.99.